The molecule has 1 heterocycles. The minimum atomic E-state index is -2.55. The van der Waals surface area contributed by atoms with Crippen molar-refractivity contribution in [3.05, 3.63) is 12.2 Å². The van der Waals surface area contributed by atoms with E-state index in [0.29, 0.717) is 0 Å². The van der Waals surface area contributed by atoms with Crippen molar-refractivity contribution in [1.29, 1.82) is 0 Å². The molecular formula is C43H89NO8Si4. The Morgan fingerprint density at radius 1 is 0.714 bits per heavy atom. The molecule has 0 saturated carbocycles. The summed E-state index contributed by atoms with van der Waals surface area (Å²) in [5, 5.41) is 0.721. The molecule has 0 radical (unpaired) electrons. The van der Waals surface area contributed by atoms with E-state index in [2.05, 4.69) is 161 Å². The standard InChI is InChI=1S/C43H89NO8Si4/c1-26-27-31(2)37-43(15,50-37)38(52-56(24,25)42(12,13)14)33(30-49-54(20,21)40(6,7)8)36(46)32(29-48-53(18,19)39(3,4)5)34(28-35(45)44(16)47-17)51-55(22,23)41(9,10)11/h26-27,31-34,37-38H,28-30H2,1-25H3/b27-26-/t31-,32-,33-,34-,37+,38-,43?/m0/s1. The Labute approximate surface area is 349 Å². The molecule has 0 aromatic carbocycles. The lowest BCUT2D eigenvalue weighted by molar-refractivity contribution is -0.171. The third-order valence-electron chi connectivity index (χ3n) is 14.3. The van der Waals surface area contributed by atoms with Gasteiger partial charge in [-0.3, -0.25) is 14.4 Å². The molecule has 1 fully saturated rings. The van der Waals surface area contributed by atoms with Crippen LogP contribution >= 0.6 is 0 Å². The fourth-order valence-corrected chi connectivity index (χ4v) is 10.6. The molecule has 1 unspecified atom stereocenters. The van der Waals surface area contributed by atoms with E-state index in [-0.39, 0.29) is 63.5 Å². The Hall–Kier alpha value is -0.492. The second kappa shape index (κ2) is 18.6. The van der Waals surface area contributed by atoms with Crippen LogP contribution in [0.2, 0.25) is 72.5 Å². The van der Waals surface area contributed by atoms with Gasteiger partial charge in [-0.25, -0.2) is 5.06 Å². The molecule has 0 N–H and O–H groups in total. The number of amides is 1. The van der Waals surface area contributed by atoms with Gasteiger partial charge in [-0.2, -0.15) is 0 Å². The fraction of sp³-hybridized carbons (Fsp3) is 0.907. The van der Waals surface area contributed by atoms with E-state index in [4.69, 9.17) is 27.3 Å². The minimum Gasteiger partial charge on any atom is -0.416 e. The summed E-state index contributed by atoms with van der Waals surface area (Å²) in [5.41, 5.74) is -0.752. The van der Waals surface area contributed by atoms with Gasteiger partial charge in [0.05, 0.1) is 43.7 Å². The fourth-order valence-electron chi connectivity index (χ4n) is 5.81. The number of ether oxygens (including phenoxy) is 1. The summed E-state index contributed by atoms with van der Waals surface area (Å²) < 4.78 is 35.5. The first kappa shape index (κ1) is 53.5. The number of allylic oxidation sites excluding steroid dienone is 1. The highest BCUT2D eigenvalue weighted by molar-refractivity contribution is 6.75. The van der Waals surface area contributed by atoms with Crippen LogP contribution in [0.3, 0.4) is 0 Å². The Bertz CT molecular complexity index is 1340. The number of hydroxylamine groups is 2. The van der Waals surface area contributed by atoms with Crippen LogP contribution in [0.25, 0.3) is 0 Å². The summed E-state index contributed by atoms with van der Waals surface area (Å²) >= 11 is 0. The SMILES string of the molecule is C/C=C\[C@H](C)[C@H]1OC1(C)[C@@H](O[Si](C)(C)C(C)(C)C)[C@@H](CO[Si](C)(C)C(C)(C)C)C(=O)[C@@H](CO[Si](C)(C)C(C)(C)C)[C@H](CC(=O)N(C)OC)O[Si](C)(C)C(C)(C)C. The largest absolute Gasteiger partial charge is 0.416 e. The van der Waals surface area contributed by atoms with Crippen LogP contribution < -0.4 is 0 Å². The molecule has 1 saturated heterocycles. The molecule has 13 heteroatoms. The first-order chi connectivity index (χ1) is 24.7. The molecule has 0 aliphatic carbocycles. The van der Waals surface area contributed by atoms with Crippen molar-refractivity contribution >= 4 is 45.0 Å². The van der Waals surface area contributed by atoms with E-state index in [1.165, 1.54) is 12.2 Å². The average molecular weight is 861 g/mol. The number of carbonyl (C=O) groups excluding carboxylic acids is 2. The van der Waals surface area contributed by atoms with Gasteiger partial charge < -0.3 is 22.4 Å². The molecule has 0 aromatic heterocycles. The van der Waals surface area contributed by atoms with E-state index < -0.39 is 62.9 Å². The lowest BCUT2D eigenvalue weighted by atomic mass is 9.79. The van der Waals surface area contributed by atoms with E-state index >= 15 is 4.79 Å². The van der Waals surface area contributed by atoms with Crippen LogP contribution in [0.15, 0.2) is 12.2 Å². The Balaban J connectivity index is 4.32. The van der Waals surface area contributed by atoms with Crippen molar-refractivity contribution in [2.75, 3.05) is 27.4 Å². The van der Waals surface area contributed by atoms with Crippen LogP contribution in [0.5, 0.6) is 0 Å². The maximum absolute atomic E-state index is 16.1. The van der Waals surface area contributed by atoms with E-state index in [1.54, 1.807) is 7.05 Å². The zero-order valence-electron chi connectivity index (χ0n) is 41.0. The molecule has 9 nitrogen and oxygen atoms in total. The number of hydrogen-bond donors (Lipinski definition) is 0. The van der Waals surface area contributed by atoms with Gasteiger partial charge in [0, 0.05) is 26.2 Å². The monoisotopic (exact) mass is 860 g/mol. The zero-order chi connectivity index (χ0) is 44.5. The van der Waals surface area contributed by atoms with Gasteiger partial charge in [0.15, 0.2) is 33.3 Å². The molecule has 0 spiro atoms. The smallest absolute Gasteiger partial charge is 0.248 e. The number of ketones is 1. The molecule has 7 atom stereocenters. The molecule has 56 heavy (non-hydrogen) atoms. The zero-order valence-corrected chi connectivity index (χ0v) is 45.0. The first-order valence-corrected chi connectivity index (χ1v) is 32.7. The van der Waals surface area contributed by atoms with Crippen molar-refractivity contribution in [2.24, 2.45) is 17.8 Å². The topological polar surface area (TPSA) is 96.1 Å². The molecule has 1 aliphatic rings. The van der Waals surface area contributed by atoms with Gasteiger partial charge in [0.2, 0.25) is 5.91 Å². The Morgan fingerprint density at radius 3 is 1.48 bits per heavy atom. The summed E-state index contributed by atoms with van der Waals surface area (Å²) in [6.07, 6.45) is 2.67. The molecule has 1 aliphatic heterocycles. The van der Waals surface area contributed by atoms with Gasteiger partial charge in [0.25, 0.3) is 0 Å². The number of hydrogen-bond acceptors (Lipinski definition) is 8. The van der Waals surface area contributed by atoms with Crippen molar-refractivity contribution < 1.29 is 36.9 Å². The molecular weight excluding hydrogens is 771 g/mol. The number of nitrogens with zero attached hydrogens (tertiary/aromatic N) is 1. The third-order valence-corrected chi connectivity index (χ3v) is 32.3. The maximum Gasteiger partial charge on any atom is 0.248 e. The first-order valence-electron chi connectivity index (χ1n) is 21.0. The van der Waals surface area contributed by atoms with Crippen molar-refractivity contribution in [2.45, 2.75) is 207 Å². The predicted molar refractivity (Wildman–Crippen MR) is 244 cm³/mol. The van der Waals surface area contributed by atoms with Crippen LogP contribution in [0, 0.1) is 17.8 Å². The Morgan fingerprint density at radius 2 is 1.11 bits per heavy atom. The van der Waals surface area contributed by atoms with Gasteiger partial charge in [-0.1, -0.05) is 102 Å². The molecule has 0 aromatic rings. The molecule has 330 valence electrons. The van der Waals surface area contributed by atoms with E-state index in [9.17, 15) is 4.79 Å². The summed E-state index contributed by atoms with van der Waals surface area (Å²) in [4.78, 5) is 35.4. The predicted octanol–water partition coefficient (Wildman–Crippen LogP) is 11.4. The summed E-state index contributed by atoms with van der Waals surface area (Å²) in [6, 6.07) is 0. The second-order valence-electron chi connectivity index (χ2n) is 22.9. The average Bonchev–Trinajstić information content (AvgIpc) is 3.70. The van der Waals surface area contributed by atoms with Gasteiger partial charge >= 0.3 is 0 Å². The number of Topliss-reactive ketones (excluding diaryl/α,β-unsaturated/α-hetero) is 1. The Kier molecular flexibility index (Phi) is 17.8. The van der Waals surface area contributed by atoms with Crippen molar-refractivity contribution in [3.63, 3.8) is 0 Å². The van der Waals surface area contributed by atoms with E-state index in [0.717, 1.165) is 0 Å². The quantitative estimate of drug-likeness (QED) is 0.0517. The number of rotatable bonds is 20. The van der Waals surface area contributed by atoms with Crippen LogP contribution in [0.4, 0.5) is 0 Å². The van der Waals surface area contributed by atoms with Crippen molar-refractivity contribution in [1.82, 2.24) is 5.06 Å². The van der Waals surface area contributed by atoms with Gasteiger partial charge in [0.1, 0.15) is 11.4 Å². The highest BCUT2D eigenvalue weighted by atomic mass is 28.4. The maximum atomic E-state index is 16.1. The van der Waals surface area contributed by atoms with Crippen LogP contribution in [-0.4, -0.2) is 101 Å². The normalized spacial score (nSPS) is 22.1. The van der Waals surface area contributed by atoms with Crippen LogP contribution in [-0.2, 0) is 36.9 Å². The number of epoxide rings is 1. The molecule has 1 rings (SSSR count). The lowest BCUT2D eigenvalue weighted by Gasteiger charge is -2.46. The van der Waals surface area contributed by atoms with E-state index in [1.807, 2.05) is 6.92 Å². The third kappa shape index (κ3) is 13.3. The minimum absolute atomic E-state index is 0.0353. The van der Waals surface area contributed by atoms with Gasteiger partial charge in [-0.05, 0) is 86.4 Å². The molecule has 0 bridgehead atoms. The summed E-state index contributed by atoms with van der Waals surface area (Å²) in [7, 11) is -6.72. The highest BCUT2D eigenvalue weighted by Gasteiger charge is 2.65. The van der Waals surface area contributed by atoms with Gasteiger partial charge in [-0.15, -0.1) is 0 Å². The van der Waals surface area contributed by atoms with Crippen LogP contribution in [0.1, 0.15) is 110 Å². The highest BCUT2D eigenvalue weighted by Crippen LogP contribution is 2.52. The lowest BCUT2D eigenvalue weighted by Crippen LogP contribution is -2.57. The van der Waals surface area contributed by atoms with Crippen molar-refractivity contribution in [3.8, 4) is 0 Å². The second-order valence-corrected chi connectivity index (χ2v) is 42.0. The summed E-state index contributed by atoms with van der Waals surface area (Å²) in [5.74, 6) is -1.72. The summed E-state index contributed by atoms with van der Waals surface area (Å²) in [6.45, 7) is 50.8. The molecule has 1 amide bonds. The number of carbonyl (C=O) groups is 2.